The van der Waals surface area contributed by atoms with E-state index in [9.17, 15) is 4.79 Å². The summed E-state index contributed by atoms with van der Waals surface area (Å²) in [6, 6.07) is 9.59. The van der Waals surface area contributed by atoms with Crippen LogP contribution in [0.1, 0.15) is 31.2 Å². The van der Waals surface area contributed by atoms with Crippen LogP contribution in [-0.4, -0.2) is 24.6 Å². The average Bonchev–Trinajstić information content (AvgIpc) is 2.47. The van der Waals surface area contributed by atoms with Gasteiger partial charge in [-0.05, 0) is 31.2 Å². The second kappa shape index (κ2) is 6.83. The molecule has 1 aromatic carbocycles. The largest absolute Gasteiger partial charge is 0.443 e. The summed E-state index contributed by atoms with van der Waals surface area (Å²) >= 11 is 0. The Morgan fingerprint density at radius 2 is 1.84 bits per heavy atom. The van der Waals surface area contributed by atoms with Gasteiger partial charge >= 0.3 is 6.09 Å². The van der Waals surface area contributed by atoms with E-state index in [0.29, 0.717) is 0 Å². The van der Waals surface area contributed by atoms with Crippen molar-refractivity contribution in [2.24, 2.45) is 9.98 Å². The fourth-order valence-corrected chi connectivity index (χ4v) is 2.10. The lowest BCUT2D eigenvalue weighted by molar-refractivity contribution is 0.151. The minimum Gasteiger partial charge on any atom is -0.443 e. The Bertz CT molecular complexity index is 492. The van der Waals surface area contributed by atoms with Gasteiger partial charge in [-0.15, -0.1) is 0 Å². The lowest BCUT2D eigenvalue weighted by atomic mass is 9.96. The minimum atomic E-state index is -0.526. The molecule has 0 atom stereocenters. The van der Waals surface area contributed by atoms with Gasteiger partial charge in [0.05, 0.1) is 11.4 Å². The maximum atomic E-state index is 11.7. The summed E-state index contributed by atoms with van der Waals surface area (Å²) in [7, 11) is 1.74. The monoisotopic (exact) mass is 258 g/mol. The Kier molecular flexibility index (Phi) is 4.84. The maximum Gasteiger partial charge on any atom is 0.434 e. The van der Waals surface area contributed by atoms with E-state index in [1.807, 2.05) is 30.3 Å². The number of benzene rings is 1. The van der Waals surface area contributed by atoms with E-state index in [4.69, 9.17) is 4.74 Å². The van der Waals surface area contributed by atoms with Gasteiger partial charge < -0.3 is 4.74 Å². The Morgan fingerprint density at radius 1 is 1.16 bits per heavy atom. The van der Waals surface area contributed by atoms with Crippen LogP contribution in [-0.2, 0) is 11.3 Å². The molecule has 2 rings (SSSR count). The van der Waals surface area contributed by atoms with Gasteiger partial charge in [0.2, 0.25) is 0 Å². The van der Waals surface area contributed by atoms with Crippen molar-refractivity contribution in [1.29, 1.82) is 0 Å². The molecular formula is C15H18N2O2. The highest BCUT2D eigenvalue weighted by molar-refractivity contribution is 6.44. The lowest BCUT2D eigenvalue weighted by Gasteiger charge is -2.14. The first-order chi connectivity index (χ1) is 9.29. The molecule has 0 aromatic heterocycles. The molecule has 100 valence electrons. The van der Waals surface area contributed by atoms with Gasteiger partial charge in [-0.1, -0.05) is 30.3 Å². The van der Waals surface area contributed by atoms with Crippen LogP contribution < -0.4 is 0 Å². The first-order valence-electron chi connectivity index (χ1n) is 6.54. The van der Waals surface area contributed by atoms with Crippen LogP contribution in [0, 0.1) is 0 Å². The van der Waals surface area contributed by atoms with Crippen molar-refractivity contribution >= 4 is 17.5 Å². The van der Waals surface area contributed by atoms with Gasteiger partial charge in [-0.3, -0.25) is 4.99 Å². The standard InChI is InChI=1S/C15H18N2O2/c1-16-13-9-5-6-10-14(13)17-15(18)19-11-12-7-3-2-4-8-12/h2-4,7-8H,5-6,9-11H2,1H3. The number of hydrogen-bond acceptors (Lipinski definition) is 3. The fraction of sp³-hybridized carbons (Fsp3) is 0.400. The molecule has 0 heterocycles. The predicted octanol–water partition coefficient (Wildman–Crippen LogP) is 3.41. The SMILES string of the molecule is CN=C1CCCCC1=NC(=O)OCc1ccccc1. The molecule has 0 unspecified atom stereocenters. The summed E-state index contributed by atoms with van der Waals surface area (Å²) in [5.74, 6) is 0. The van der Waals surface area contributed by atoms with Crippen molar-refractivity contribution in [3.63, 3.8) is 0 Å². The zero-order valence-corrected chi connectivity index (χ0v) is 11.1. The molecule has 1 aromatic rings. The van der Waals surface area contributed by atoms with E-state index >= 15 is 0 Å². The van der Waals surface area contributed by atoms with Gasteiger partial charge in [0.25, 0.3) is 0 Å². The normalized spacial score (nSPS) is 19.6. The van der Waals surface area contributed by atoms with Crippen LogP contribution in [0.5, 0.6) is 0 Å². The van der Waals surface area contributed by atoms with Gasteiger partial charge in [0, 0.05) is 7.05 Å². The third-order valence-electron chi connectivity index (χ3n) is 3.11. The number of hydrogen-bond donors (Lipinski definition) is 0. The summed E-state index contributed by atoms with van der Waals surface area (Å²) in [6.45, 7) is 0.259. The number of ether oxygens (including phenoxy) is 1. The molecule has 0 aliphatic heterocycles. The number of rotatable bonds is 2. The zero-order valence-electron chi connectivity index (χ0n) is 11.1. The Hall–Kier alpha value is -1.97. The number of carbonyl (C=O) groups is 1. The minimum absolute atomic E-state index is 0.259. The average molecular weight is 258 g/mol. The smallest absolute Gasteiger partial charge is 0.434 e. The molecule has 4 heteroatoms. The second-order valence-electron chi connectivity index (χ2n) is 4.48. The fourth-order valence-electron chi connectivity index (χ4n) is 2.10. The van der Waals surface area contributed by atoms with Gasteiger partial charge in [-0.2, -0.15) is 4.99 Å². The van der Waals surface area contributed by atoms with E-state index in [2.05, 4.69) is 9.98 Å². The lowest BCUT2D eigenvalue weighted by Crippen LogP contribution is -2.20. The third kappa shape index (κ3) is 4.02. The van der Waals surface area contributed by atoms with Crippen molar-refractivity contribution in [2.75, 3.05) is 7.05 Å². The second-order valence-corrected chi connectivity index (χ2v) is 4.48. The summed E-state index contributed by atoms with van der Waals surface area (Å²) in [5, 5.41) is 0. The van der Waals surface area contributed by atoms with Crippen LogP contribution in [0.2, 0.25) is 0 Å². The van der Waals surface area contributed by atoms with E-state index in [-0.39, 0.29) is 6.61 Å². The molecule has 0 N–H and O–H groups in total. The van der Waals surface area contributed by atoms with Crippen molar-refractivity contribution in [3.05, 3.63) is 35.9 Å². The summed E-state index contributed by atoms with van der Waals surface area (Å²) in [4.78, 5) is 19.9. The maximum absolute atomic E-state index is 11.7. The van der Waals surface area contributed by atoms with Crippen LogP contribution in [0.15, 0.2) is 40.3 Å². The van der Waals surface area contributed by atoms with Crippen molar-refractivity contribution in [3.8, 4) is 0 Å². The van der Waals surface area contributed by atoms with Gasteiger partial charge in [0.15, 0.2) is 0 Å². The molecule has 1 fully saturated rings. The zero-order chi connectivity index (χ0) is 13.5. The first kappa shape index (κ1) is 13.5. The molecule has 19 heavy (non-hydrogen) atoms. The van der Waals surface area contributed by atoms with E-state index < -0.39 is 6.09 Å². The molecule has 0 radical (unpaired) electrons. The molecule has 0 spiro atoms. The quantitative estimate of drug-likeness (QED) is 0.816. The summed E-state index contributed by atoms with van der Waals surface area (Å²) < 4.78 is 5.14. The molecule has 4 nitrogen and oxygen atoms in total. The summed E-state index contributed by atoms with van der Waals surface area (Å²) in [5.41, 5.74) is 2.68. The molecule has 1 saturated carbocycles. The molecule has 1 aliphatic carbocycles. The molecule has 0 bridgehead atoms. The van der Waals surface area contributed by atoms with E-state index in [0.717, 1.165) is 42.7 Å². The van der Waals surface area contributed by atoms with E-state index in [1.165, 1.54) is 0 Å². The van der Waals surface area contributed by atoms with Crippen LogP contribution in [0.3, 0.4) is 0 Å². The van der Waals surface area contributed by atoms with Crippen molar-refractivity contribution < 1.29 is 9.53 Å². The molecule has 0 saturated heterocycles. The van der Waals surface area contributed by atoms with Crippen LogP contribution in [0.25, 0.3) is 0 Å². The number of carbonyl (C=O) groups excluding carboxylic acids is 1. The Morgan fingerprint density at radius 3 is 2.53 bits per heavy atom. The predicted molar refractivity (Wildman–Crippen MR) is 75.9 cm³/mol. The molecule has 1 aliphatic rings. The number of amides is 1. The van der Waals surface area contributed by atoms with E-state index in [1.54, 1.807) is 7.05 Å². The first-order valence-corrected chi connectivity index (χ1v) is 6.54. The summed E-state index contributed by atoms with van der Waals surface area (Å²) in [6.07, 6.45) is 3.37. The van der Waals surface area contributed by atoms with Gasteiger partial charge in [0.1, 0.15) is 6.61 Å². The highest BCUT2D eigenvalue weighted by Crippen LogP contribution is 2.14. The number of aliphatic imine (C=N–C) groups is 2. The highest BCUT2D eigenvalue weighted by atomic mass is 16.5. The Labute approximate surface area is 113 Å². The van der Waals surface area contributed by atoms with Crippen LogP contribution >= 0.6 is 0 Å². The number of nitrogens with zero attached hydrogens (tertiary/aromatic N) is 2. The third-order valence-corrected chi connectivity index (χ3v) is 3.11. The van der Waals surface area contributed by atoms with Crippen molar-refractivity contribution in [2.45, 2.75) is 32.3 Å². The molecular weight excluding hydrogens is 240 g/mol. The topological polar surface area (TPSA) is 51.0 Å². The highest BCUT2D eigenvalue weighted by Gasteiger charge is 2.16. The van der Waals surface area contributed by atoms with Crippen molar-refractivity contribution in [1.82, 2.24) is 0 Å². The van der Waals surface area contributed by atoms with Crippen LogP contribution in [0.4, 0.5) is 4.79 Å². The Balaban J connectivity index is 1.93. The molecule has 1 amide bonds. The van der Waals surface area contributed by atoms with Gasteiger partial charge in [-0.25, -0.2) is 4.79 Å².